The summed E-state index contributed by atoms with van der Waals surface area (Å²) in [6.07, 6.45) is 0. The third-order valence-electron chi connectivity index (χ3n) is 9.13. The summed E-state index contributed by atoms with van der Waals surface area (Å²) in [6, 6.07) is 58.8. The van der Waals surface area contributed by atoms with Crippen LogP contribution in [-0.2, 0) is 0 Å². The Hall–Kier alpha value is -5.38. The molecule has 3 heteroatoms. The van der Waals surface area contributed by atoms with E-state index in [4.69, 9.17) is 4.74 Å². The fourth-order valence-corrected chi connectivity index (χ4v) is 9.51. The Labute approximate surface area is 265 Å². The first-order valence-electron chi connectivity index (χ1n) is 15.5. The molecule has 0 saturated heterocycles. The molecule has 1 aliphatic heterocycles. The summed E-state index contributed by atoms with van der Waals surface area (Å²) in [5.41, 5.74) is 8.23. The Morgan fingerprint density at radius 3 is 1.76 bits per heavy atom. The molecule has 7 aromatic carbocycles. The van der Waals surface area contributed by atoms with Crippen molar-refractivity contribution in [3.05, 3.63) is 164 Å². The zero-order valence-corrected chi connectivity index (χ0v) is 26.4. The molecule has 2 nitrogen and oxygen atoms in total. The molecule has 0 N–H and O–H groups in total. The van der Waals surface area contributed by atoms with Gasteiger partial charge in [0.1, 0.15) is 19.6 Å². The van der Waals surface area contributed by atoms with Crippen LogP contribution in [-0.4, -0.2) is 8.07 Å². The fourth-order valence-electron chi connectivity index (χ4n) is 6.69. The highest BCUT2D eigenvalue weighted by Gasteiger charge is 2.36. The molecule has 0 unspecified atom stereocenters. The lowest BCUT2D eigenvalue weighted by Crippen LogP contribution is -2.55. The molecule has 45 heavy (non-hydrogen) atoms. The summed E-state index contributed by atoms with van der Waals surface area (Å²) in [5, 5.41) is 5.15. The zero-order chi connectivity index (χ0) is 30.4. The summed E-state index contributed by atoms with van der Waals surface area (Å²) < 4.78 is 6.35. The molecule has 8 rings (SSSR count). The van der Waals surface area contributed by atoms with E-state index in [1.807, 2.05) is 0 Å². The third-order valence-corrected chi connectivity index (χ3v) is 12.6. The highest BCUT2D eigenvalue weighted by Crippen LogP contribution is 2.40. The lowest BCUT2D eigenvalue weighted by atomic mass is 10.0. The van der Waals surface area contributed by atoms with E-state index < -0.39 is 8.07 Å². The second-order valence-corrected chi connectivity index (χ2v) is 16.6. The number of hydrogen-bond acceptors (Lipinski definition) is 2. The van der Waals surface area contributed by atoms with Crippen LogP contribution < -0.4 is 20.0 Å². The van der Waals surface area contributed by atoms with Crippen LogP contribution >= 0.6 is 0 Å². The molecule has 1 heterocycles. The van der Waals surface area contributed by atoms with E-state index in [1.54, 1.807) is 0 Å². The Morgan fingerprint density at radius 1 is 0.444 bits per heavy atom. The fraction of sp³-hybridized carbons (Fsp3) is 0.0476. The molecule has 0 amide bonds. The Bertz CT molecular complexity index is 2150. The lowest BCUT2D eigenvalue weighted by Gasteiger charge is -2.33. The molecule has 0 aliphatic carbocycles. The predicted octanol–water partition coefficient (Wildman–Crippen LogP) is 10.6. The largest absolute Gasteiger partial charge is 0.458 e. The molecule has 1 aliphatic rings. The highest BCUT2D eigenvalue weighted by atomic mass is 28.3. The lowest BCUT2D eigenvalue weighted by molar-refractivity contribution is 0.487. The number of benzene rings is 7. The number of ether oxygens (including phenoxy) is 1. The van der Waals surface area contributed by atoms with Gasteiger partial charge in [-0.15, -0.1) is 0 Å². The minimum absolute atomic E-state index is 0.992. The normalized spacial score (nSPS) is 13.0. The van der Waals surface area contributed by atoms with Gasteiger partial charge < -0.3 is 9.64 Å². The van der Waals surface area contributed by atoms with Gasteiger partial charge in [-0.05, 0) is 80.5 Å². The first kappa shape index (κ1) is 27.2. The van der Waals surface area contributed by atoms with Crippen LogP contribution in [0.4, 0.5) is 17.1 Å². The van der Waals surface area contributed by atoms with E-state index in [0.29, 0.717) is 0 Å². The maximum Gasteiger partial charge on any atom is 0.127 e. The van der Waals surface area contributed by atoms with Gasteiger partial charge in [-0.2, -0.15) is 0 Å². The quantitative estimate of drug-likeness (QED) is 0.184. The molecule has 0 bridgehead atoms. The van der Waals surface area contributed by atoms with Gasteiger partial charge in [0, 0.05) is 16.8 Å². The molecule has 0 fully saturated rings. The van der Waals surface area contributed by atoms with E-state index in [-0.39, 0.29) is 0 Å². The van der Waals surface area contributed by atoms with Gasteiger partial charge in [0.2, 0.25) is 0 Å². The molecule has 0 aromatic heterocycles. The van der Waals surface area contributed by atoms with Crippen molar-refractivity contribution in [2.75, 3.05) is 4.90 Å². The molecular formula is C42H33NOSi. The molecule has 0 atom stereocenters. The van der Waals surface area contributed by atoms with E-state index >= 15 is 0 Å². The van der Waals surface area contributed by atoms with Crippen molar-refractivity contribution in [3.63, 3.8) is 0 Å². The van der Waals surface area contributed by atoms with Crippen LogP contribution in [0.5, 0.6) is 11.5 Å². The van der Waals surface area contributed by atoms with Gasteiger partial charge in [0.05, 0.1) is 5.69 Å². The van der Waals surface area contributed by atoms with Crippen molar-refractivity contribution in [2.45, 2.75) is 13.1 Å². The minimum Gasteiger partial charge on any atom is -0.458 e. The van der Waals surface area contributed by atoms with Crippen molar-refractivity contribution in [1.29, 1.82) is 0 Å². The number of rotatable bonds is 5. The maximum atomic E-state index is 6.35. The maximum absolute atomic E-state index is 6.35. The van der Waals surface area contributed by atoms with Crippen molar-refractivity contribution >= 4 is 46.3 Å². The van der Waals surface area contributed by atoms with Crippen molar-refractivity contribution in [3.8, 4) is 33.8 Å². The standard InChI is InChI=1S/C42H33NOSi/c1-45(2)41-18-9-8-17-39(41)44-40-28-23-34(29-42(40)45)32-21-26-36(27-22-32)43(38-16-10-14-33-13-6-7-15-37(33)38)35-24-19-31(20-25-35)30-11-4-3-5-12-30/h3-29H,1-2H3. The van der Waals surface area contributed by atoms with Gasteiger partial charge in [-0.25, -0.2) is 0 Å². The number of anilines is 3. The number of para-hydroxylation sites is 1. The molecule has 216 valence electrons. The van der Waals surface area contributed by atoms with Gasteiger partial charge in [0.25, 0.3) is 0 Å². The number of hydrogen-bond donors (Lipinski definition) is 0. The second-order valence-electron chi connectivity index (χ2n) is 12.2. The van der Waals surface area contributed by atoms with Crippen LogP contribution in [0, 0.1) is 0 Å². The molecule has 0 saturated carbocycles. The van der Waals surface area contributed by atoms with E-state index in [9.17, 15) is 0 Å². The summed E-state index contributed by atoms with van der Waals surface area (Å²) >= 11 is 0. The summed E-state index contributed by atoms with van der Waals surface area (Å²) in [4.78, 5) is 2.37. The van der Waals surface area contributed by atoms with Gasteiger partial charge in [-0.1, -0.05) is 134 Å². The smallest absolute Gasteiger partial charge is 0.127 e. The Morgan fingerprint density at radius 2 is 1.00 bits per heavy atom. The third kappa shape index (κ3) is 4.82. The topological polar surface area (TPSA) is 12.5 Å². The Balaban J connectivity index is 1.19. The summed E-state index contributed by atoms with van der Waals surface area (Å²) in [7, 11) is -1.90. The average Bonchev–Trinajstić information content (AvgIpc) is 3.10. The van der Waals surface area contributed by atoms with E-state index in [0.717, 1.165) is 28.6 Å². The highest BCUT2D eigenvalue weighted by molar-refractivity contribution is 7.01. The summed E-state index contributed by atoms with van der Waals surface area (Å²) in [6.45, 7) is 4.84. The number of nitrogens with zero attached hydrogens (tertiary/aromatic N) is 1. The van der Waals surface area contributed by atoms with Crippen molar-refractivity contribution in [2.24, 2.45) is 0 Å². The first-order valence-corrected chi connectivity index (χ1v) is 18.5. The molecular weight excluding hydrogens is 563 g/mol. The first-order chi connectivity index (χ1) is 22.1. The van der Waals surface area contributed by atoms with Crippen molar-refractivity contribution < 1.29 is 4.74 Å². The predicted molar refractivity (Wildman–Crippen MR) is 193 cm³/mol. The monoisotopic (exact) mass is 595 g/mol. The van der Waals surface area contributed by atoms with Crippen LogP contribution in [0.25, 0.3) is 33.0 Å². The van der Waals surface area contributed by atoms with Crippen LogP contribution in [0.1, 0.15) is 0 Å². The average molecular weight is 596 g/mol. The zero-order valence-electron chi connectivity index (χ0n) is 25.4. The van der Waals surface area contributed by atoms with Gasteiger partial charge in [-0.3, -0.25) is 0 Å². The molecule has 7 aromatic rings. The van der Waals surface area contributed by atoms with Gasteiger partial charge >= 0.3 is 0 Å². The minimum atomic E-state index is -1.90. The van der Waals surface area contributed by atoms with E-state index in [1.165, 1.54) is 43.4 Å². The van der Waals surface area contributed by atoms with Crippen LogP contribution in [0.15, 0.2) is 164 Å². The van der Waals surface area contributed by atoms with E-state index in [2.05, 4.69) is 182 Å². The van der Waals surface area contributed by atoms with Crippen LogP contribution in [0.2, 0.25) is 13.1 Å². The number of fused-ring (bicyclic) bond motifs is 3. The second kappa shape index (κ2) is 11.0. The molecule has 0 spiro atoms. The SMILES string of the molecule is C[Si]1(C)c2ccccc2Oc2ccc(-c3ccc(N(c4ccc(-c5ccccc5)cc4)c4cccc5ccccc45)cc3)cc21. The Kier molecular flexibility index (Phi) is 6.62. The van der Waals surface area contributed by atoms with Gasteiger partial charge in [0.15, 0.2) is 0 Å². The van der Waals surface area contributed by atoms with Crippen LogP contribution in [0.3, 0.4) is 0 Å². The van der Waals surface area contributed by atoms with Crippen molar-refractivity contribution in [1.82, 2.24) is 0 Å². The summed E-state index contributed by atoms with van der Waals surface area (Å²) in [5.74, 6) is 2.00. The molecule has 0 radical (unpaired) electrons.